The molecule has 1 saturated heterocycles. The molecule has 1 atom stereocenters. The molecule has 1 fully saturated rings. The van der Waals surface area contributed by atoms with E-state index in [4.69, 9.17) is 16.3 Å². The second kappa shape index (κ2) is 6.59. The number of rotatable bonds is 3. The average molecular weight is 294 g/mol. The first-order chi connectivity index (χ1) is 9.08. The maximum atomic E-state index is 13.1. The van der Waals surface area contributed by atoms with Gasteiger partial charge in [0.15, 0.2) is 0 Å². The van der Waals surface area contributed by atoms with Crippen LogP contribution in [0, 0.1) is 5.82 Å². The van der Waals surface area contributed by atoms with Crippen LogP contribution in [-0.4, -0.2) is 37.1 Å². The molecule has 0 aliphatic carbocycles. The van der Waals surface area contributed by atoms with Gasteiger partial charge in [0.05, 0.1) is 17.7 Å². The van der Waals surface area contributed by atoms with Crippen LogP contribution in [0.15, 0.2) is 18.2 Å². The standard InChI is InChI=1S/C13H15ClF3NO/c14-10-7-9(1-2-11(10)15)8-18-4-6-19-5-3-12(18)13(16)17/h1-2,7,12-13H,3-6,8H2. The highest BCUT2D eigenvalue weighted by atomic mass is 35.5. The molecule has 6 heteroatoms. The van der Waals surface area contributed by atoms with Crippen LogP contribution in [0.5, 0.6) is 0 Å². The summed E-state index contributed by atoms with van der Waals surface area (Å²) in [6.07, 6.45) is -2.12. The Bertz CT molecular complexity index is 430. The van der Waals surface area contributed by atoms with Crippen LogP contribution in [0.1, 0.15) is 12.0 Å². The summed E-state index contributed by atoms with van der Waals surface area (Å²) in [5.74, 6) is -0.505. The van der Waals surface area contributed by atoms with Gasteiger partial charge in [-0.15, -0.1) is 0 Å². The van der Waals surface area contributed by atoms with E-state index in [1.54, 1.807) is 11.0 Å². The molecule has 1 aromatic carbocycles. The van der Waals surface area contributed by atoms with Gasteiger partial charge in [-0.3, -0.25) is 4.90 Å². The van der Waals surface area contributed by atoms with Crippen molar-refractivity contribution >= 4 is 11.6 Å². The van der Waals surface area contributed by atoms with E-state index in [0.717, 1.165) is 5.56 Å². The lowest BCUT2D eigenvalue weighted by Gasteiger charge is -2.28. The van der Waals surface area contributed by atoms with Gasteiger partial charge in [-0.05, 0) is 24.1 Å². The van der Waals surface area contributed by atoms with Crippen molar-refractivity contribution in [2.75, 3.05) is 19.8 Å². The Kier molecular flexibility index (Phi) is 5.07. The molecular formula is C13H15ClF3NO. The normalized spacial score (nSPS) is 21.6. The highest BCUT2D eigenvalue weighted by Crippen LogP contribution is 2.22. The first-order valence-corrected chi connectivity index (χ1v) is 6.49. The topological polar surface area (TPSA) is 12.5 Å². The monoisotopic (exact) mass is 293 g/mol. The zero-order valence-corrected chi connectivity index (χ0v) is 11.0. The molecule has 0 spiro atoms. The Morgan fingerprint density at radius 2 is 2.16 bits per heavy atom. The predicted molar refractivity (Wildman–Crippen MR) is 67.0 cm³/mol. The van der Waals surface area contributed by atoms with E-state index in [1.165, 1.54) is 12.1 Å². The number of nitrogens with zero attached hydrogens (tertiary/aromatic N) is 1. The molecular weight excluding hydrogens is 279 g/mol. The van der Waals surface area contributed by atoms with E-state index in [2.05, 4.69) is 0 Å². The highest BCUT2D eigenvalue weighted by Gasteiger charge is 2.29. The Hall–Kier alpha value is -0.780. The number of hydrogen-bond acceptors (Lipinski definition) is 2. The van der Waals surface area contributed by atoms with E-state index < -0.39 is 18.3 Å². The zero-order valence-electron chi connectivity index (χ0n) is 10.3. The number of hydrogen-bond donors (Lipinski definition) is 0. The van der Waals surface area contributed by atoms with Gasteiger partial charge in [-0.1, -0.05) is 17.7 Å². The van der Waals surface area contributed by atoms with Crippen LogP contribution < -0.4 is 0 Å². The quantitative estimate of drug-likeness (QED) is 0.847. The van der Waals surface area contributed by atoms with Gasteiger partial charge in [-0.2, -0.15) is 0 Å². The van der Waals surface area contributed by atoms with Gasteiger partial charge < -0.3 is 4.74 Å². The van der Waals surface area contributed by atoms with E-state index in [-0.39, 0.29) is 5.02 Å². The molecule has 0 aromatic heterocycles. The minimum Gasteiger partial charge on any atom is -0.380 e. The van der Waals surface area contributed by atoms with Crippen LogP contribution in [0.4, 0.5) is 13.2 Å². The molecule has 0 radical (unpaired) electrons. The van der Waals surface area contributed by atoms with Gasteiger partial charge in [0.25, 0.3) is 6.43 Å². The van der Waals surface area contributed by atoms with Crippen molar-refractivity contribution in [3.63, 3.8) is 0 Å². The molecule has 1 aliphatic rings. The van der Waals surface area contributed by atoms with Crippen molar-refractivity contribution < 1.29 is 17.9 Å². The third-order valence-corrected chi connectivity index (χ3v) is 3.50. The lowest BCUT2D eigenvalue weighted by atomic mass is 10.1. The van der Waals surface area contributed by atoms with Crippen molar-refractivity contribution in [2.45, 2.75) is 25.4 Å². The van der Waals surface area contributed by atoms with Gasteiger partial charge >= 0.3 is 0 Å². The van der Waals surface area contributed by atoms with Gasteiger partial charge in [0.2, 0.25) is 0 Å². The summed E-state index contributed by atoms with van der Waals surface area (Å²) in [5.41, 5.74) is 0.721. The Morgan fingerprint density at radius 1 is 1.37 bits per heavy atom. The fourth-order valence-corrected chi connectivity index (χ4v) is 2.39. The number of halogens is 4. The minimum absolute atomic E-state index is 0.0113. The fraction of sp³-hybridized carbons (Fsp3) is 0.538. The van der Waals surface area contributed by atoms with Gasteiger partial charge in [-0.25, -0.2) is 13.2 Å². The second-order valence-electron chi connectivity index (χ2n) is 4.52. The molecule has 19 heavy (non-hydrogen) atoms. The zero-order chi connectivity index (χ0) is 13.8. The van der Waals surface area contributed by atoms with Gasteiger partial charge in [0, 0.05) is 19.7 Å². The second-order valence-corrected chi connectivity index (χ2v) is 4.93. The molecule has 2 nitrogen and oxygen atoms in total. The first-order valence-electron chi connectivity index (χ1n) is 6.12. The highest BCUT2D eigenvalue weighted by molar-refractivity contribution is 6.30. The van der Waals surface area contributed by atoms with Crippen LogP contribution >= 0.6 is 11.6 Å². The fourth-order valence-electron chi connectivity index (χ4n) is 2.19. The average Bonchev–Trinajstić information content (AvgIpc) is 2.59. The van der Waals surface area contributed by atoms with Crippen LogP contribution in [0.3, 0.4) is 0 Å². The molecule has 106 valence electrons. The maximum absolute atomic E-state index is 13.1. The summed E-state index contributed by atoms with van der Waals surface area (Å²) < 4.78 is 44.3. The van der Waals surface area contributed by atoms with Crippen LogP contribution in [-0.2, 0) is 11.3 Å². The minimum atomic E-state index is -2.42. The SMILES string of the molecule is Fc1ccc(CN2CCOCCC2C(F)F)cc1Cl. The lowest BCUT2D eigenvalue weighted by Crippen LogP contribution is -2.40. The number of benzene rings is 1. The third kappa shape index (κ3) is 3.84. The summed E-state index contributed by atoms with van der Waals surface area (Å²) in [4.78, 5) is 1.67. The van der Waals surface area contributed by atoms with E-state index in [9.17, 15) is 13.2 Å². The van der Waals surface area contributed by atoms with Crippen molar-refractivity contribution in [3.05, 3.63) is 34.6 Å². The number of alkyl halides is 2. The molecule has 1 aliphatic heterocycles. The Balaban J connectivity index is 2.11. The van der Waals surface area contributed by atoms with Crippen molar-refractivity contribution in [3.8, 4) is 0 Å². The summed E-state index contributed by atoms with van der Waals surface area (Å²) in [6.45, 7) is 1.52. The third-order valence-electron chi connectivity index (χ3n) is 3.21. The van der Waals surface area contributed by atoms with Crippen LogP contribution in [0.25, 0.3) is 0 Å². The molecule has 0 saturated carbocycles. The Morgan fingerprint density at radius 3 is 2.84 bits per heavy atom. The summed E-state index contributed by atoms with van der Waals surface area (Å²) in [7, 11) is 0. The maximum Gasteiger partial charge on any atom is 0.253 e. The molecule has 0 bridgehead atoms. The smallest absolute Gasteiger partial charge is 0.253 e. The van der Waals surface area contributed by atoms with E-state index in [0.29, 0.717) is 32.7 Å². The first kappa shape index (κ1) is 14.6. The molecule has 0 N–H and O–H groups in total. The van der Waals surface area contributed by atoms with Crippen molar-refractivity contribution in [1.29, 1.82) is 0 Å². The molecule has 1 heterocycles. The van der Waals surface area contributed by atoms with Crippen LogP contribution in [0.2, 0.25) is 5.02 Å². The Labute approximate surface area is 115 Å². The summed E-state index contributed by atoms with van der Waals surface area (Å²) in [5, 5.41) is 0.0113. The largest absolute Gasteiger partial charge is 0.380 e. The van der Waals surface area contributed by atoms with E-state index >= 15 is 0 Å². The number of ether oxygens (including phenoxy) is 1. The molecule has 0 amide bonds. The van der Waals surface area contributed by atoms with E-state index in [1.807, 2.05) is 0 Å². The van der Waals surface area contributed by atoms with Crippen molar-refractivity contribution in [2.24, 2.45) is 0 Å². The van der Waals surface area contributed by atoms with Gasteiger partial charge in [0.1, 0.15) is 5.82 Å². The predicted octanol–water partition coefficient (Wildman–Crippen LogP) is 3.34. The lowest BCUT2D eigenvalue weighted by molar-refractivity contribution is 0.0238. The molecule has 1 aromatic rings. The molecule has 1 unspecified atom stereocenters. The summed E-state index contributed by atoms with van der Waals surface area (Å²) in [6, 6.07) is 3.47. The molecule has 2 rings (SSSR count). The summed E-state index contributed by atoms with van der Waals surface area (Å²) >= 11 is 5.70. The van der Waals surface area contributed by atoms with Crippen molar-refractivity contribution in [1.82, 2.24) is 4.90 Å².